The first-order valence-corrected chi connectivity index (χ1v) is 7.93. The van der Waals surface area contributed by atoms with Crippen molar-refractivity contribution in [2.24, 2.45) is 0 Å². The second-order valence-electron chi connectivity index (χ2n) is 5.86. The first-order valence-electron chi connectivity index (χ1n) is 7.93. The van der Waals surface area contributed by atoms with Crippen LogP contribution in [-0.4, -0.2) is 74.9 Å². The van der Waals surface area contributed by atoms with Crippen molar-refractivity contribution in [1.82, 2.24) is 15.1 Å². The number of methoxy groups -OCH3 is 1. The Balaban J connectivity index is 1.68. The third-order valence-corrected chi connectivity index (χ3v) is 4.07. The molecule has 1 saturated heterocycles. The summed E-state index contributed by atoms with van der Waals surface area (Å²) in [5, 5.41) is 2.70. The summed E-state index contributed by atoms with van der Waals surface area (Å²) in [7, 11) is 3.69. The van der Waals surface area contributed by atoms with Gasteiger partial charge in [-0.15, -0.1) is 0 Å². The van der Waals surface area contributed by atoms with Gasteiger partial charge in [0.1, 0.15) is 5.75 Å². The summed E-state index contributed by atoms with van der Waals surface area (Å²) >= 11 is 0. The van der Waals surface area contributed by atoms with E-state index in [-0.39, 0.29) is 12.3 Å². The van der Waals surface area contributed by atoms with Crippen molar-refractivity contribution < 1.29 is 14.3 Å². The van der Waals surface area contributed by atoms with Crippen LogP contribution < -0.4 is 10.1 Å². The Bertz CT molecular complexity index is 522. The van der Waals surface area contributed by atoms with Crippen LogP contribution in [0.25, 0.3) is 0 Å². The highest BCUT2D eigenvalue weighted by atomic mass is 16.5. The van der Waals surface area contributed by atoms with E-state index in [1.165, 1.54) is 0 Å². The molecule has 0 aromatic heterocycles. The highest BCUT2D eigenvalue weighted by Crippen LogP contribution is 2.11. The van der Waals surface area contributed by atoms with Gasteiger partial charge in [0.2, 0.25) is 5.78 Å². The van der Waals surface area contributed by atoms with E-state index in [1.807, 2.05) is 29.2 Å². The number of likely N-dealkylation sites (N-methyl/N-ethyl adjacent to an activating group) is 1. The van der Waals surface area contributed by atoms with E-state index in [1.54, 1.807) is 7.11 Å². The summed E-state index contributed by atoms with van der Waals surface area (Å²) in [5.74, 6) is -0.0399. The quantitative estimate of drug-likeness (QED) is 0.726. The normalized spacial score (nSPS) is 16.1. The number of carbonyl (C=O) groups excluding carboxylic acids is 2. The molecule has 0 bridgehead atoms. The number of piperazine rings is 1. The minimum absolute atomic E-state index is 0.211. The van der Waals surface area contributed by atoms with Gasteiger partial charge in [0.15, 0.2) is 0 Å². The monoisotopic (exact) mass is 319 g/mol. The molecule has 0 aliphatic carbocycles. The van der Waals surface area contributed by atoms with Gasteiger partial charge >= 0.3 is 0 Å². The van der Waals surface area contributed by atoms with E-state index >= 15 is 0 Å². The van der Waals surface area contributed by atoms with Crippen molar-refractivity contribution in [3.05, 3.63) is 29.8 Å². The molecule has 0 radical (unpaired) electrons. The minimum Gasteiger partial charge on any atom is -0.497 e. The van der Waals surface area contributed by atoms with E-state index in [0.29, 0.717) is 13.0 Å². The number of amides is 1. The number of hydrogen-bond donors (Lipinski definition) is 1. The second-order valence-corrected chi connectivity index (χ2v) is 5.86. The highest BCUT2D eigenvalue weighted by molar-refractivity contribution is 6.36. The van der Waals surface area contributed by atoms with Crippen LogP contribution in [-0.2, 0) is 16.0 Å². The van der Waals surface area contributed by atoms with Crippen LogP contribution in [0.3, 0.4) is 0 Å². The van der Waals surface area contributed by atoms with Crippen LogP contribution in [0.1, 0.15) is 5.56 Å². The number of hydrogen-bond acceptors (Lipinski definition) is 5. The molecular weight excluding hydrogens is 294 g/mol. The average Bonchev–Trinajstić information content (AvgIpc) is 2.57. The number of rotatable bonds is 7. The van der Waals surface area contributed by atoms with Gasteiger partial charge in [-0.3, -0.25) is 14.5 Å². The number of carbonyl (C=O) groups is 2. The average molecular weight is 319 g/mol. The highest BCUT2D eigenvalue weighted by Gasteiger charge is 2.20. The summed E-state index contributed by atoms with van der Waals surface area (Å²) < 4.78 is 5.10. The second kappa shape index (κ2) is 8.64. The Hall–Kier alpha value is -1.92. The Morgan fingerprint density at radius 1 is 1.13 bits per heavy atom. The maximum Gasteiger partial charge on any atom is 0.288 e. The lowest BCUT2D eigenvalue weighted by Gasteiger charge is -2.31. The summed E-state index contributed by atoms with van der Waals surface area (Å²) in [6, 6.07) is 7.68. The molecule has 1 aromatic carbocycles. The number of nitrogens with one attached hydrogen (secondary N) is 1. The fourth-order valence-electron chi connectivity index (χ4n) is 2.49. The predicted octanol–water partition coefficient (Wildman–Crippen LogP) is 0.170. The van der Waals surface area contributed by atoms with Crippen LogP contribution in [0, 0.1) is 0 Å². The molecule has 2 rings (SSSR count). The fourth-order valence-corrected chi connectivity index (χ4v) is 2.49. The third-order valence-electron chi connectivity index (χ3n) is 4.07. The van der Waals surface area contributed by atoms with Crippen molar-refractivity contribution in [2.45, 2.75) is 6.42 Å². The number of benzene rings is 1. The summed E-state index contributed by atoms with van der Waals surface area (Å²) in [6.45, 7) is 4.21. The first kappa shape index (κ1) is 17.4. The minimum atomic E-state index is -0.488. The molecular formula is C17H25N3O3. The number of ether oxygens (including phenoxy) is 1. The Labute approximate surface area is 137 Å². The lowest BCUT2D eigenvalue weighted by molar-refractivity contribution is -0.138. The number of nitrogens with zero attached hydrogens (tertiary/aromatic N) is 2. The molecule has 23 heavy (non-hydrogen) atoms. The molecule has 1 aromatic rings. The molecule has 126 valence electrons. The van der Waals surface area contributed by atoms with Crippen molar-refractivity contribution in [3.8, 4) is 5.75 Å². The van der Waals surface area contributed by atoms with Crippen LogP contribution >= 0.6 is 0 Å². The first-order chi connectivity index (χ1) is 11.1. The maximum absolute atomic E-state index is 11.9. The molecule has 0 saturated carbocycles. The van der Waals surface area contributed by atoms with Gasteiger partial charge in [-0.2, -0.15) is 0 Å². The van der Waals surface area contributed by atoms with E-state index in [9.17, 15) is 9.59 Å². The number of ketones is 1. The van der Waals surface area contributed by atoms with Gasteiger partial charge < -0.3 is 15.0 Å². The molecule has 0 spiro atoms. The van der Waals surface area contributed by atoms with E-state index < -0.39 is 5.91 Å². The van der Waals surface area contributed by atoms with Crippen molar-refractivity contribution in [3.63, 3.8) is 0 Å². The van der Waals surface area contributed by atoms with E-state index in [2.05, 4.69) is 17.3 Å². The molecule has 1 aliphatic rings. The van der Waals surface area contributed by atoms with Crippen LogP contribution in [0.2, 0.25) is 0 Å². The van der Waals surface area contributed by atoms with Crippen LogP contribution in [0.5, 0.6) is 5.75 Å². The lowest BCUT2D eigenvalue weighted by Crippen LogP contribution is -2.48. The smallest absolute Gasteiger partial charge is 0.288 e. The Morgan fingerprint density at radius 3 is 2.39 bits per heavy atom. The molecule has 6 heteroatoms. The molecule has 1 aliphatic heterocycles. The van der Waals surface area contributed by atoms with Crippen molar-refractivity contribution in [2.75, 3.05) is 53.4 Å². The van der Waals surface area contributed by atoms with Crippen LogP contribution in [0.4, 0.5) is 0 Å². The summed E-state index contributed by atoms with van der Waals surface area (Å²) in [5.41, 5.74) is 1.10. The third kappa shape index (κ3) is 5.65. The Morgan fingerprint density at radius 2 is 1.78 bits per heavy atom. The van der Waals surface area contributed by atoms with Gasteiger partial charge in [0.25, 0.3) is 5.91 Å². The molecule has 1 N–H and O–H groups in total. The van der Waals surface area contributed by atoms with Gasteiger partial charge in [-0.1, -0.05) is 12.1 Å². The van der Waals surface area contributed by atoms with Gasteiger partial charge in [0, 0.05) is 32.7 Å². The zero-order valence-corrected chi connectivity index (χ0v) is 13.9. The van der Waals surface area contributed by atoms with Gasteiger partial charge in [-0.05, 0) is 31.2 Å². The molecule has 0 atom stereocenters. The Kier molecular flexibility index (Phi) is 6.55. The standard InChI is InChI=1S/C17H25N3O3/c1-19-9-11-20(12-10-19)13-16(21)17(22)18-8-7-14-3-5-15(23-2)6-4-14/h3-6H,7-13H2,1-2H3,(H,18,22). The van der Waals surface area contributed by atoms with Gasteiger partial charge in [0.05, 0.1) is 13.7 Å². The lowest BCUT2D eigenvalue weighted by atomic mass is 10.1. The molecule has 1 amide bonds. The van der Waals surface area contributed by atoms with E-state index in [0.717, 1.165) is 37.5 Å². The topological polar surface area (TPSA) is 61.9 Å². The van der Waals surface area contributed by atoms with Crippen LogP contribution in [0.15, 0.2) is 24.3 Å². The molecule has 1 fully saturated rings. The van der Waals surface area contributed by atoms with E-state index in [4.69, 9.17) is 4.74 Å². The number of Topliss-reactive ketones (excluding diaryl/α,β-unsaturated/α-hetero) is 1. The van der Waals surface area contributed by atoms with Crippen molar-refractivity contribution in [1.29, 1.82) is 0 Å². The van der Waals surface area contributed by atoms with Crippen molar-refractivity contribution >= 4 is 11.7 Å². The summed E-state index contributed by atoms with van der Waals surface area (Å²) in [6.07, 6.45) is 0.692. The zero-order valence-electron chi connectivity index (χ0n) is 13.9. The molecule has 0 unspecified atom stereocenters. The predicted molar refractivity (Wildman–Crippen MR) is 88.7 cm³/mol. The molecule has 1 heterocycles. The largest absolute Gasteiger partial charge is 0.497 e. The maximum atomic E-state index is 11.9. The zero-order chi connectivity index (χ0) is 16.7. The van der Waals surface area contributed by atoms with Gasteiger partial charge in [-0.25, -0.2) is 0 Å². The summed E-state index contributed by atoms with van der Waals surface area (Å²) in [4.78, 5) is 28.0. The molecule has 6 nitrogen and oxygen atoms in total. The fraction of sp³-hybridized carbons (Fsp3) is 0.529. The SMILES string of the molecule is COc1ccc(CCNC(=O)C(=O)CN2CCN(C)CC2)cc1.